The summed E-state index contributed by atoms with van der Waals surface area (Å²) in [6.07, 6.45) is 5.04. The fourth-order valence-corrected chi connectivity index (χ4v) is 7.12. The normalized spacial score (nSPS) is 12.8. The molecule has 44 heavy (non-hydrogen) atoms. The van der Waals surface area contributed by atoms with Crippen molar-refractivity contribution in [2.24, 2.45) is 0 Å². The smallest absolute Gasteiger partial charge is 0.0462 e. The molecule has 8 rings (SSSR count). The summed E-state index contributed by atoms with van der Waals surface area (Å²) in [5.41, 5.74) is 13.0. The monoisotopic (exact) mass is 565 g/mol. The van der Waals surface area contributed by atoms with Crippen LogP contribution in [0.4, 0.5) is 17.1 Å². The van der Waals surface area contributed by atoms with E-state index in [1.807, 2.05) is 0 Å². The van der Waals surface area contributed by atoms with Gasteiger partial charge in [-0.25, -0.2) is 0 Å². The van der Waals surface area contributed by atoms with Crippen molar-refractivity contribution in [3.63, 3.8) is 0 Å². The summed E-state index contributed by atoms with van der Waals surface area (Å²) in [5.74, 6) is 0. The number of hydrogen-bond donors (Lipinski definition) is 0. The maximum Gasteiger partial charge on any atom is 0.0462 e. The standard InChI is InChI=1S/C43H35N/c1-30-27-33-11-5-6-12-34(33)28-42(30)31-19-23-37(24-20-31)44(36-14-3-2-4-15-36)38-25-21-32(22-26-38)43-29-35-13-7-8-16-39(35)40-17-9-10-18-41(40)43/h2-4,7-10,13-29H,5-6,11-12H2,1H3. The van der Waals surface area contributed by atoms with Gasteiger partial charge in [0.1, 0.15) is 0 Å². The molecule has 0 fully saturated rings. The summed E-state index contributed by atoms with van der Waals surface area (Å²) in [5, 5.41) is 5.15. The van der Waals surface area contributed by atoms with Crippen molar-refractivity contribution in [2.45, 2.75) is 32.6 Å². The molecule has 1 nitrogen and oxygen atoms in total. The first-order valence-corrected chi connectivity index (χ1v) is 15.8. The van der Waals surface area contributed by atoms with Crippen LogP contribution in [-0.2, 0) is 12.8 Å². The molecular formula is C43H35N. The largest absolute Gasteiger partial charge is 0.311 e. The molecule has 1 heteroatoms. The first-order chi connectivity index (χ1) is 21.7. The zero-order valence-corrected chi connectivity index (χ0v) is 25.1. The minimum atomic E-state index is 1.14. The predicted octanol–water partition coefficient (Wildman–Crippen LogP) is 12.0. The lowest BCUT2D eigenvalue weighted by atomic mass is 9.86. The Morgan fingerprint density at radius 3 is 1.64 bits per heavy atom. The second-order valence-corrected chi connectivity index (χ2v) is 12.1. The van der Waals surface area contributed by atoms with Crippen molar-refractivity contribution in [1.29, 1.82) is 0 Å². The number of para-hydroxylation sites is 1. The van der Waals surface area contributed by atoms with Crippen LogP contribution >= 0.6 is 0 Å². The fraction of sp³-hybridized carbons (Fsp3) is 0.116. The number of benzene rings is 7. The number of nitrogens with zero attached hydrogens (tertiary/aromatic N) is 1. The molecule has 0 radical (unpaired) electrons. The molecule has 1 aliphatic carbocycles. The van der Waals surface area contributed by atoms with Gasteiger partial charge >= 0.3 is 0 Å². The molecule has 1 aliphatic rings. The van der Waals surface area contributed by atoms with Crippen LogP contribution in [0, 0.1) is 6.92 Å². The summed E-state index contributed by atoms with van der Waals surface area (Å²) in [6, 6.07) is 53.5. The zero-order valence-electron chi connectivity index (χ0n) is 25.1. The summed E-state index contributed by atoms with van der Waals surface area (Å²) in [6.45, 7) is 2.26. The number of hydrogen-bond acceptors (Lipinski definition) is 1. The minimum Gasteiger partial charge on any atom is -0.311 e. The van der Waals surface area contributed by atoms with Crippen molar-refractivity contribution in [2.75, 3.05) is 4.90 Å². The molecule has 0 atom stereocenters. The highest BCUT2D eigenvalue weighted by atomic mass is 15.1. The van der Waals surface area contributed by atoms with Crippen LogP contribution in [-0.4, -0.2) is 0 Å². The van der Waals surface area contributed by atoms with Crippen molar-refractivity contribution in [1.82, 2.24) is 0 Å². The lowest BCUT2D eigenvalue weighted by Crippen LogP contribution is -2.09. The Morgan fingerprint density at radius 1 is 0.432 bits per heavy atom. The van der Waals surface area contributed by atoms with Crippen LogP contribution in [0.5, 0.6) is 0 Å². The van der Waals surface area contributed by atoms with E-state index >= 15 is 0 Å². The summed E-state index contributed by atoms with van der Waals surface area (Å²) in [7, 11) is 0. The number of aryl methyl sites for hydroxylation is 3. The van der Waals surface area contributed by atoms with Gasteiger partial charge in [0.15, 0.2) is 0 Å². The van der Waals surface area contributed by atoms with E-state index in [1.165, 1.54) is 80.6 Å². The van der Waals surface area contributed by atoms with E-state index in [0.29, 0.717) is 0 Å². The van der Waals surface area contributed by atoms with Gasteiger partial charge in [-0.15, -0.1) is 0 Å². The molecule has 0 N–H and O–H groups in total. The Kier molecular flexibility index (Phi) is 6.72. The minimum absolute atomic E-state index is 1.14. The molecule has 0 heterocycles. The Bertz CT molecular complexity index is 2110. The molecule has 0 amide bonds. The molecular weight excluding hydrogens is 530 g/mol. The van der Waals surface area contributed by atoms with Gasteiger partial charge in [0.05, 0.1) is 0 Å². The third kappa shape index (κ3) is 4.75. The van der Waals surface area contributed by atoms with Crippen molar-refractivity contribution in [3.8, 4) is 22.3 Å². The predicted molar refractivity (Wildman–Crippen MR) is 188 cm³/mol. The average Bonchev–Trinajstić information content (AvgIpc) is 3.09. The third-order valence-electron chi connectivity index (χ3n) is 9.34. The van der Waals surface area contributed by atoms with E-state index < -0.39 is 0 Å². The zero-order chi connectivity index (χ0) is 29.5. The van der Waals surface area contributed by atoms with Crippen LogP contribution in [0.15, 0.2) is 146 Å². The van der Waals surface area contributed by atoms with E-state index in [2.05, 4.69) is 157 Å². The highest BCUT2D eigenvalue weighted by Crippen LogP contribution is 2.39. The molecule has 7 aromatic rings. The Balaban J connectivity index is 1.18. The molecule has 0 aromatic heterocycles. The lowest BCUT2D eigenvalue weighted by Gasteiger charge is -2.26. The second-order valence-electron chi connectivity index (χ2n) is 12.1. The van der Waals surface area contributed by atoms with Gasteiger partial charge in [0, 0.05) is 17.1 Å². The highest BCUT2D eigenvalue weighted by Gasteiger charge is 2.16. The molecule has 7 aromatic carbocycles. The van der Waals surface area contributed by atoms with Crippen LogP contribution in [0.25, 0.3) is 43.8 Å². The topological polar surface area (TPSA) is 3.24 Å². The van der Waals surface area contributed by atoms with E-state index in [9.17, 15) is 0 Å². The van der Waals surface area contributed by atoms with Crippen LogP contribution in [0.2, 0.25) is 0 Å². The summed E-state index contributed by atoms with van der Waals surface area (Å²) < 4.78 is 0. The Hall–Kier alpha value is -5.14. The van der Waals surface area contributed by atoms with Crippen LogP contribution < -0.4 is 4.90 Å². The van der Waals surface area contributed by atoms with E-state index in [4.69, 9.17) is 0 Å². The maximum atomic E-state index is 2.45. The Morgan fingerprint density at radius 2 is 0.955 bits per heavy atom. The van der Waals surface area contributed by atoms with Gasteiger partial charge in [-0.05, 0) is 136 Å². The molecule has 212 valence electrons. The fourth-order valence-electron chi connectivity index (χ4n) is 7.12. The summed E-state index contributed by atoms with van der Waals surface area (Å²) >= 11 is 0. The maximum absolute atomic E-state index is 2.45. The number of rotatable bonds is 5. The van der Waals surface area contributed by atoms with Gasteiger partial charge in [-0.1, -0.05) is 103 Å². The SMILES string of the molecule is Cc1cc2c(cc1-c1ccc(N(c3ccccc3)c3ccc(-c4cc5ccccc5c5ccccc45)cc3)cc1)CCCC2. The summed E-state index contributed by atoms with van der Waals surface area (Å²) in [4.78, 5) is 2.35. The van der Waals surface area contributed by atoms with Gasteiger partial charge in [0.2, 0.25) is 0 Å². The first-order valence-electron chi connectivity index (χ1n) is 15.8. The molecule has 0 saturated carbocycles. The van der Waals surface area contributed by atoms with Crippen LogP contribution in [0.1, 0.15) is 29.5 Å². The van der Waals surface area contributed by atoms with E-state index in [-0.39, 0.29) is 0 Å². The van der Waals surface area contributed by atoms with Crippen molar-refractivity contribution in [3.05, 3.63) is 162 Å². The number of anilines is 3. The van der Waals surface area contributed by atoms with Crippen molar-refractivity contribution >= 4 is 38.6 Å². The van der Waals surface area contributed by atoms with Crippen molar-refractivity contribution < 1.29 is 0 Å². The second kappa shape index (κ2) is 11.2. The average molecular weight is 566 g/mol. The van der Waals surface area contributed by atoms with Gasteiger partial charge in [-0.3, -0.25) is 0 Å². The Labute approximate surface area is 260 Å². The molecule has 0 spiro atoms. The van der Waals surface area contributed by atoms with Crippen LogP contribution in [0.3, 0.4) is 0 Å². The molecule has 0 bridgehead atoms. The molecule has 0 aliphatic heterocycles. The lowest BCUT2D eigenvalue weighted by molar-refractivity contribution is 0.685. The first kappa shape index (κ1) is 26.5. The molecule has 0 unspecified atom stereocenters. The van der Waals surface area contributed by atoms with Gasteiger partial charge in [-0.2, -0.15) is 0 Å². The van der Waals surface area contributed by atoms with E-state index in [1.54, 1.807) is 5.56 Å². The van der Waals surface area contributed by atoms with E-state index in [0.717, 1.165) is 17.1 Å². The van der Waals surface area contributed by atoms with Gasteiger partial charge < -0.3 is 4.90 Å². The molecule has 0 saturated heterocycles. The number of fused-ring (bicyclic) bond motifs is 4. The quantitative estimate of drug-likeness (QED) is 0.188. The van der Waals surface area contributed by atoms with Gasteiger partial charge in [0.25, 0.3) is 0 Å². The highest BCUT2D eigenvalue weighted by molar-refractivity contribution is 6.13. The third-order valence-corrected chi connectivity index (χ3v) is 9.34.